The number of hydrogen-bond donors (Lipinski definition) is 1. The van der Waals surface area contributed by atoms with Crippen LogP contribution in [-0.4, -0.2) is 51.0 Å². The molecule has 0 fully saturated rings. The summed E-state index contributed by atoms with van der Waals surface area (Å²) < 4.78 is 2.17. The number of benzene rings is 3. The van der Waals surface area contributed by atoms with Crippen molar-refractivity contribution in [1.82, 2.24) is 14.5 Å². The van der Waals surface area contributed by atoms with Crippen LogP contribution in [0.1, 0.15) is 73.3 Å². The fourth-order valence-corrected chi connectivity index (χ4v) is 5.70. The smallest absolute Gasteiger partial charge is 0.336 e. The van der Waals surface area contributed by atoms with Crippen LogP contribution in [0.4, 0.5) is 0 Å². The largest absolute Gasteiger partial charge is 0.478 e. The molecule has 3 aromatic carbocycles. The maximum atomic E-state index is 12.6. The van der Waals surface area contributed by atoms with Crippen molar-refractivity contribution in [1.29, 1.82) is 0 Å². The van der Waals surface area contributed by atoms with Crippen LogP contribution in [0.5, 0.6) is 0 Å². The molecule has 6 nitrogen and oxygen atoms in total. The van der Waals surface area contributed by atoms with E-state index in [2.05, 4.69) is 41.5 Å². The zero-order valence-electron chi connectivity index (χ0n) is 23.3. The highest BCUT2D eigenvalue weighted by Gasteiger charge is 2.23. The van der Waals surface area contributed by atoms with Crippen LogP contribution >= 0.6 is 0 Å². The van der Waals surface area contributed by atoms with Gasteiger partial charge >= 0.3 is 5.97 Å². The molecule has 202 valence electrons. The van der Waals surface area contributed by atoms with E-state index in [1.54, 1.807) is 0 Å². The Bertz CT molecular complexity index is 1500. The second-order valence-corrected chi connectivity index (χ2v) is 10.4. The van der Waals surface area contributed by atoms with Gasteiger partial charge in [0, 0.05) is 25.1 Å². The average Bonchev–Trinajstić information content (AvgIpc) is 3.55. The Balaban J connectivity index is 1.61. The highest BCUT2D eigenvalue weighted by Crippen LogP contribution is 2.33. The van der Waals surface area contributed by atoms with E-state index < -0.39 is 5.97 Å². The molecular weight excluding hydrogens is 484 g/mol. The number of imidazole rings is 1. The molecule has 0 aliphatic carbocycles. The van der Waals surface area contributed by atoms with Crippen LogP contribution in [0.15, 0.2) is 65.7 Å². The lowest BCUT2D eigenvalue weighted by Crippen LogP contribution is -2.29. The third-order valence-corrected chi connectivity index (χ3v) is 7.64. The van der Waals surface area contributed by atoms with Crippen LogP contribution in [0.25, 0.3) is 27.8 Å². The molecule has 1 N–H and O–H groups in total. The molecule has 0 saturated heterocycles. The zero-order chi connectivity index (χ0) is 27.4. The van der Waals surface area contributed by atoms with Crippen molar-refractivity contribution >= 4 is 22.8 Å². The number of carbonyl (C=O) groups is 1. The third-order valence-electron chi connectivity index (χ3n) is 7.64. The molecule has 5 rings (SSSR count). The summed E-state index contributed by atoms with van der Waals surface area (Å²) in [5.41, 5.74) is 6.55. The van der Waals surface area contributed by atoms with Crippen LogP contribution in [0.3, 0.4) is 0 Å². The molecule has 0 bridgehead atoms. The van der Waals surface area contributed by atoms with Crippen molar-refractivity contribution in [3.05, 3.63) is 83.2 Å². The minimum atomic E-state index is -0.922. The number of aromatic nitrogens is 2. The second kappa shape index (κ2) is 11.9. The molecule has 0 spiro atoms. The molecule has 0 saturated carbocycles. The Kier molecular flexibility index (Phi) is 8.10. The van der Waals surface area contributed by atoms with Crippen LogP contribution in [0.2, 0.25) is 0 Å². The Morgan fingerprint density at radius 2 is 1.77 bits per heavy atom. The molecule has 6 heteroatoms. The summed E-state index contributed by atoms with van der Waals surface area (Å²) in [5.74, 6) is 1.08. The number of unbranched alkanes of at least 4 members (excludes halogenated alkanes) is 3. The Hall–Kier alpha value is -3.93. The van der Waals surface area contributed by atoms with Gasteiger partial charge in [0.2, 0.25) is 0 Å². The molecule has 2 heterocycles. The number of aryl methyl sites for hydroxylation is 1. The maximum Gasteiger partial charge on any atom is 0.336 e. The monoisotopic (exact) mass is 522 g/mol. The number of hydrogen-bond acceptors (Lipinski definition) is 4. The maximum absolute atomic E-state index is 12.6. The summed E-state index contributed by atoms with van der Waals surface area (Å²) in [7, 11) is 0. The van der Waals surface area contributed by atoms with E-state index in [9.17, 15) is 9.90 Å². The number of nitrogens with zero attached hydrogens (tertiary/aromatic N) is 4. The number of aliphatic imine (C=N–C) groups is 1. The molecule has 0 atom stereocenters. The highest BCUT2D eigenvalue weighted by molar-refractivity contribution is 6.03. The van der Waals surface area contributed by atoms with Crippen molar-refractivity contribution in [3.8, 4) is 16.8 Å². The van der Waals surface area contributed by atoms with Gasteiger partial charge in [0.25, 0.3) is 0 Å². The van der Waals surface area contributed by atoms with Gasteiger partial charge in [-0.05, 0) is 60.7 Å². The van der Waals surface area contributed by atoms with Crippen molar-refractivity contribution in [2.45, 2.75) is 59.3 Å². The predicted octanol–water partition coefficient (Wildman–Crippen LogP) is 7.29. The molecule has 0 amide bonds. The minimum Gasteiger partial charge on any atom is -0.478 e. The van der Waals surface area contributed by atoms with E-state index in [1.807, 2.05) is 49.4 Å². The average molecular weight is 523 g/mol. The van der Waals surface area contributed by atoms with Gasteiger partial charge in [0.15, 0.2) is 0 Å². The van der Waals surface area contributed by atoms with Crippen molar-refractivity contribution in [3.63, 3.8) is 0 Å². The van der Waals surface area contributed by atoms with Gasteiger partial charge in [0.05, 0.1) is 28.8 Å². The van der Waals surface area contributed by atoms with Crippen LogP contribution in [0, 0.1) is 6.92 Å². The third kappa shape index (κ3) is 5.33. The first-order valence-corrected chi connectivity index (χ1v) is 14.3. The number of carboxylic acids is 1. The van der Waals surface area contributed by atoms with Crippen LogP contribution in [-0.2, 0) is 6.42 Å². The number of fused-ring (bicyclic) bond motifs is 1. The minimum absolute atomic E-state index is 0.331. The van der Waals surface area contributed by atoms with E-state index in [0.29, 0.717) is 5.56 Å². The normalized spacial score (nSPS) is 13.3. The van der Waals surface area contributed by atoms with E-state index in [4.69, 9.17) is 9.98 Å². The summed E-state index contributed by atoms with van der Waals surface area (Å²) in [4.78, 5) is 24.8. The topological polar surface area (TPSA) is 70.7 Å². The molecular formula is C33H38N4O2. The van der Waals surface area contributed by atoms with Gasteiger partial charge in [-0.3, -0.25) is 9.56 Å². The number of carboxylic acid groups (broad SMARTS) is 1. The summed E-state index contributed by atoms with van der Waals surface area (Å²) in [6.07, 6.45) is 6.68. The lowest BCUT2D eigenvalue weighted by molar-refractivity contribution is 0.0697. The first-order valence-electron chi connectivity index (χ1n) is 14.3. The Morgan fingerprint density at radius 3 is 2.51 bits per heavy atom. The molecule has 0 unspecified atom stereocenters. The summed E-state index contributed by atoms with van der Waals surface area (Å²) in [5, 5.41) is 10.3. The van der Waals surface area contributed by atoms with E-state index >= 15 is 0 Å². The van der Waals surface area contributed by atoms with Gasteiger partial charge in [-0.25, -0.2) is 9.78 Å². The van der Waals surface area contributed by atoms with Gasteiger partial charge < -0.3 is 10.0 Å². The summed E-state index contributed by atoms with van der Waals surface area (Å²) in [6.45, 7) is 9.11. The number of rotatable bonds is 11. The van der Waals surface area contributed by atoms with E-state index in [1.165, 1.54) is 25.7 Å². The predicted molar refractivity (Wildman–Crippen MR) is 159 cm³/mol. The fraction of sp³-hybridized carbons (Fsp3) is 0.364. The van der Waals surface area contributed by atoms with Gasteiger partial charge in [-0.1, -0.05) is 69.5 Å². The van der Waals surface area contributed by atoms with Gasteiger partial charge in [0.1, 0.15) is 11.7 Å². The second-order valence-electron chi connectivity index (χ2n) is 10.4. The lowest BCUT2D eigenvalue weighted by atomic mass is 9.94. The lowest BCUT2D eigenvalue weighted by Gasteiger charge is -2.21. The van der Waals surface area contributed by atoms with Crippen molar-refractivity contribution < 1.29 is 9.90 Å². The molecule has 1 aromatic heterocycles. The van der Waals surface area contributed by atoms with E-state index in [0.717, 1.165) is 83.1 Å². The number of aromatic carboxylic acids is 1. The molecule has 39 heavy (non-hydrogen) atoms. The summed E-state index contributed by atoms with van der Waals surface area (Å²) >= 11 is 0. The standard InChI is InChI=1S/C33H38N4O2/c1-4-6-7-11-20-36-21-19-34-32(36)25-15-17-27-29(22-25)37(30(35-27)12-5-2)28-18-16-26(24-13-9-8-10-14-24)31(23(28)3)33(38)39/h8-10,13-18,22H,4-7,11-12,19-21H2,1-3H3,(H,38,39). The zero-order valence-corrected chi connectivity index (χ0v) is 23.3. The Morgan fingerprint density at radius 1 is 0.949 bits per heavy atom. The number of amidine groups is 1. The SMILES string of the molecule is CCCCCCN1CCN=C1c1ccc2nc(CCC)n(-c3ccc(-c4ccccc4)c(C(=O)O)c3C)c2c1. The highest BCUT2D eigenvalue weighted by atomic mass is 16.4. The first-order chi connectivity index (χ1) is 19.0. The first kappa shape index (κ1) is 26.7. The van der Waals surface area contributed by atoms with E-state index in [-0.39, 0.29) is 0 Å². The quantitative estimate of drug-likeness (QED) is 0.210. The molecule has 1 aliphatic rings. The molecule has 1 aliphatic heterocycles. The van der Waals surface area contributed by atoms with Gasteiger partial charge in [-0.15, -0.1) is 0 Å². The summed E-state index contributed by atoms with van der Waals surface area (Å²) in [6, 6.07) is 20.1. The van der Waals surface area contributed by atoms with Gasteiger partial charge in [-0.2, -0.15) is 0 Å². The fourth-order valence-electron chi connectivity index (χ4n) is 5.70. The molecule has 0 radical (unpaired) electrons. The Labute approximate surface area is 231 Å². The molecule has 4 aromatic rings. The van der Waals surface area contributed by atoms with Crippen molar-refractivity contribution in [2.24, 2.45) is 4.99 Å². The van der Waals surface area contributed by atoms with Crippen molar-refractivity contribution in [2.75, 3.05) is 19.6 Å². The van der Waals surface area contributed by atoms with Crippen LogP contribution < -0.4 is 0 Å².